The van der Waals surface area contributed by atoms with Crippen LogP contribution in [-0.4, -0.2) is 56.9 Å². The summed E-state index contributed by atoms with van der Waals surface area (Å²) in [7, 11) is -2.97. The second kappa shape index (κ2) is 4.57. The number of hydrogen-bond donors (Lipinski definition) is 2. The third kappa shape index (κ3) is 3.91. The molecule has 1 fully saturated rings. The summed E-state index contributed by atoms with van der Waals surface area (Å²) < 4.78 is 27.0. The molecule has 84 valence electrons. The lowest BCUT2D eigenvalue weighted by Gasteiger charge is -2.19. The smallest absolute Gasteiger partial charge is 0.148 e. The molecule has 0 spiro atoms. The summed E-state index contributed by atoms with van der Waals surface area (Å²) in [5, 5.41) is 12.4. The van der Waals surface area contributed by atoms with E-state index in [1.165, 1.54) is 6.26 Å². The Bertz CT molecular complexity index is 277. The van der Waals surface area contributed by atoms with Crippen molar-refractivity contribution in [3.8, 4) is 0 Å². The Hall–Kier alpha value is -0.170. The SMILES string of the molecule is CC(CS(C)(=O)=O)NC1COCC1O. The Morgan fingerprint density at radius 1 is 1.57 bits per heavy atom. The predicted octanol–water partition coefficient (Wildman–Crippen LogP) is -1.23. The van der Waals surface area contributed by atoms with Gasteiger partial charge in [-0.25, -0.2) is 8.42 Å². The molecule has 0 bridgehead atoms. The van der Waals surface area contributed by atoms with Gasteiger partial charge in [0.25, 0.3) is 0 Å². The fraction of sp³-hybridized carbons (Fsp3) is 1.00. The Kier molecular flexibility index (Phi) is 3.88. The van der Waals surface area contributed by atoms with Crippen molar-refractivity contribution >= 4 is 9.84 Å². The minimum Gasteiger partial charge on any atom is -0.389 e. The maximum absolute atomic E-state index is 11.0. The zero-order chi connectivity index (χ0) is 10.8. The lowest BCUT2D eigenvalue weighted by atomic mass is 10.2. The van der Waals surface area contributed by atoms with Crippen molar-refractivity contribution in [1.82, 2.24) is 5.32 Å². The number of ether oxygens (including phenoxy) is 1. The van der Waals surface area contributed by atoms with Crippen LogP contribution in [-0.2, 0) is 14.6 Å². The molecule has 0 aliphatic carbocycles. The van der Waals surface area contributed by atoms with Crippen molar-refractivity contribution in [1.29, 1.82) is 0 Å². The van der Waals surface area contributed by atoms with Crippen LogP contribution in [0.25, 0.3) is 0 Å². The van der Waals surface area contributed by atoms with Crippen molar-refractivity contribution in [2.45, 2.75) is 25.1 Å². The first kappa shape index (κ1) is 11.9. The molecule has 0 radical (unpaired) electrons. The molecule has 0 saturated carbocycles. The first-order chi connectivity index (χ1) is 6.38. The highest BCUT2D eigenvalue weighted by Crippen LogP contribution is 2.06. The molecule has 1 rings (SSSR count). The van der Waals surface area contributed by atoms with Crippen LogP contribution in [0.4, 0.5) is 0 Å². The van der Waals surface area contributed by atoms with Crippen molar-refractivity contribution in [3.05, 3.63) is 0 Å². The lowest BCUT2D eigenvalue weighted by Crippen LogP contribution is -2.46. The maximum atomic E-state index is 11.0. The van der Waals surface area contributed by atoms with Crippen LogP contribution < -0.4 is 5.32 Å². The summed E-state index contributed by atoms with van der Waals surface area (Å²) in [6, 6.07) is -0.307. The molecule has 1 aliphatic heterocycles. The highest BCUT2D eigenvalue weighted by atomic mass is 32.2. The van der Waals surface area contributed by atoms with Gasteiger partial charge in [-0.2, -0.15) is 0 Å². The molecule has 3 unspecified atom stereocenters. The van der Waals surface area contributed by atoms with Crippen LogP contribution in [0.15, 0.2) is 0 Å². The van der Waals surface area contributed by atoms with Crippen molar-refractivity contribution < 1.29 is 18.3 Å². The predicted molar refractivity (Wildman–Crippen MR) is 52.9 cm³/mol. The standard InChI is InChI=1S/C8H17NO4S/c1-6(5-14(2,11)12)9-7-3-13-4-8(7)10/h6-10H,3-5H2,1-2H3. The highest BCUT2D eigenvalue weighted by Gasteiger charge is 2.27. The molecule has 3 atom stereocenters. The molecule has 1 heterocycles. The second-order valence-corrected chi connectivity index (χ2v) is 6.06. The summed E-state index contributed by atoms with van der Waals surface area (Å²) in [6.07, 6.45) is 0.671. The molecule has 5 nitrogen and oxygen atoms in total. The average molecular weight is 223 g/mol. The molecule has 0 aromatic heterocycles. The number of sulfone groups is 1. The van der Waals surface area contributed by atoms with Gasteiger partial charge < -0.3 is 15.2 Å². The Balaban J connectivity index is 2.37. The van der Waals surface area contributed by atoms with Gasteiger partial charge in [-0.3, -0.25) is 0 Å². The molecule has 14 heavy (non-hydrogen) atoms. The van der Waals surface area contributed by atoms with E-state index in [2.05, 4.69) is 5.32 Å². The second-order valence-electron chi connectivity index (χ2n) is 3.87. The van der Waals surface area contributed by atoms with E-state index >= 15 is 0 Å². The van der Waals surface area contributed by atoms with Gasteiger partial charge in [0.15, 0.2) is 0 Å². The summed E-state index contributed by atoms with van der Waals surface area (Å²) >= 11 is 0. The van der Waals surface area contributed by atoms with Gasteiger partial charge in [0.05, 0.1) is 31.1 Å². The quantitative estimate of drug-likeness (QED) is 0.624. The largest absolute Gasteiger partial charge is 0.389 e. The average Bonchev–Trinajstić information content (AvgIpc) is 2.32. The minimum atomic E-state index is -2.97. The topological polar surface area (TPSA) is 75.6 Å². The number of nitrogens with one attached hydrogen (secondary N) is 1. The maximum Gasteiger partial charge on any atom is 0.148 e. The molecule has 2 N–H and O–H groups in total. The van der Waals surface area contributed by atoms with Gasteiger partial charge in [-0.1, -0.05) is 0 Å². The first-order valence-corrected chi connectivity index (χ1v) is 6.64. The third-order valence-corrected chi connectivity index (χ3v) is 3.21. The van der Waals surface area contributed by atoms with E-state index in [9.17, 15) is 13.5 Å². The van der Waals surface area contributed by atoms with E-state index in [0.29, 0.717) is 13.2 Å². The van der Waals surface area contributed by atoms with Crippen molar-refractivity contribution in [2.75, 3.05) is 25.2 Å². The van der Waals surface area contributed by atoms with E-state index in [1.807, 2.05) is 0 Å². The van der Waals surface area contributed by atoms with Crippen molar-refractivity contribution in [3.63, 3.8) is 0 Å². The molecule has 1 aliphatic rings. The molecule has 0 aromatic carbocycles. The van der Waals surface area contributed by atoms with Crippen molar-refractivity contribution in [2.24, 2.45) is 0 Å². The fourth-order valence-electron chi connectivity index (χ4n) is 1.57. The normalized spacial score (nSPS) is 30.5. The van der Waals surface area contributed by atoms with E-state index in [0.717, 1.165) is 0 Å². The number of aliphatic hydroxyl groups excluding tert-OH is 1. The van der Waals surface area contributed by atoms with Gasteiger partial charge in [-0.05, 0) is 6.92 Å². The Labute approximate surface area is 84.4 Å². The Morgan fingerprint density at radius 2 is 2.21 bits per heavy atom. The summed E-state index contributed by atoms with van der Waals surface area (Å²) in [4.78, 5) is 0. The summed E-state index contributed by atoms with van der Waals surface area (Å²) in [6.45, 7) is 2.55. The molecular weight excluding hydrogens is 206 g/mol. The fourth-order valence-corrected chi connectivity index (χ4v) is 2.57. The monoisotopic (exact) mass is 223 g/mol. The van der Waals surface area contributed by atoms with Gasteiger partial charge in [-0.15, -0.1) is 0 Å². The summed E-state index contributed by atoms with van der Waals surface area (Å²) in [5.74, 6) is 0.0796. The van der Waals surface area contributed by atoms with E-state index in [4.69, 9.17) is 4.74 Å². The molecule has 0 amide bonds. The van der Waals surface area contributed by atoms with E-state index < -0.39 is 15.9 Å². The van der Waals surface area contributed by atoms with Crippen LogP contribution in [0.5, 0.6) is 0 Å². The van der Waals surface area contributed by atoms with E-state index in [1.54, 1.807) is 6.92 Å². The zero-order valence-electron chi connectivity index (χ0n) is 8.43. The highest BCUT2D eigenvalue weighted by molar-refractivity contribution is 7.90. The number of hydrogen-bond acceptors (Lipinski definition) is 5. The van der Waals surface area contributed by atoms with Crippen LogP contribution in [0, 0.1) is 0 Å². The molecular formula is C8H17NO4S. The number of rotatable bonds is 4. The lowest BCUT2D eigenvalue weighted by molar-refractivity contribution is 0.121. The van der Waals surface area contributed by atoms with Crippen LogP contribution in [0.1, 0.15) is 6.92 Å². The van der Waals surface area contributed by atoms with E-state index in [-0.39, 0.29) is 17.8 Å². The van der Waals surface area contributed by atoms with Gasteiger partial charge in [0, 0.05) is 12.3 Å². The minimum absolute atomic E-state index is 0.0796. The van der Waals surface area contributed by atoms with Gasteiger partial charge in [0.2, 0.25) is 0 Å². The molecule has 6 heteroatoms. The first-order valence-electron chi connectivity index (χ1n) is 4.58. The molecule has 0 aromatic rings. The third-order valence-electron chi connectivity index (χ3n) is 2.10. The summed E-state index contributed by atoms with van der Waals surface area (Å²) in [5.41, 5.74) is 0. The number of aliphatic hydroxyl groups is 1. The van der Waals surface area contributed by atoms with Crippen LogP contribution in [0.2, 0.25) is 0 Å². The Morgan fingerprint density at radius 3 is 2.64 bits per heavy atom. The zero-order valence-corrected chi connectivity index (χ0v) is 9.25. The van der Waals surface area contributed by atoms with Crippen LogP contribution in [0.3, 0.4) is 0 Å². The van der Waals surface area contributed by atoms with Gasteiger partial charge >= 0.3 is 0 Å². The van der Waals surface area contributed by atoms with Gasteiger partial charge in [0.1, 0.15) is 9.84 Å². The molecule has 1 saturated heterocycles. The van der Waals surface area contributed by atoms with Crippen LogP contribution >= 0.6 is 0 Å².